The van der Waals surface area contributed by atoms with Crippen LogP contribution >= 0.6 is 11.6 Å². The number of aromatic nitrogens is 2. The minimum atomic E-state index is -1.06. The fourth-order valence-corrected chi connectivity index (χ4v) is 4.31. The number of likely N-dealkylation sites (N-methyl/N-ethyl adjacent to an activating group) is 1. The summed E-state index contributed by atoms with van der Waals surface area (Å²) in [5.41, 5.74) is 8.03. The fraction of sp³-hybridized carbons (Fsp3) is 0.214. The quantitative estimate of drug-likeness (QED) is 0.377. The molecule has 1 heterocycles. The van der Waals surface area contributed by atoms with Gasteiger partial charge >= 0.3 is 6.03 Å². The minimum absolute atomic E-state index is 0.116. The van der Waals surface area contributed by atoms with Gasteiger partial charge in [-0.25, -0.2) is 9.78 Å². The van der Waals surface area contributed by atoms with Gasteiger partial charge in [0.25, 0.3) is 11.5 Å². The predicted octanol–water partition coefficient (Wildman–Crippen LogP) is 4.83. The number of imide groups is 1. The van der Waals surface area contributed by atoms with E-state index in [-0.39, 0.29) is 28.5 Å². The van der Waals surface area contributed by atoms with Crippen LogP contribution < -0.4 is 16.0 Å². The summed E-state index contributed by atoms with van der Waals surface area (Å²) in [6.07, 6.45) is 1.29. The number of primary amides is 1. The van der Waals surface area contributed by atoms with E-state index < -0.39 is 23.5 Å². The highest BCUT2D eigenvalue weighted by Gasteiger charge is 2.28. The maximum absolute atomic E-state index is 13.5. The third-order valence-corrected chi connectivity index (χ3v) is 6.36. The van der Waals surface area contributed by atoms with Crippen LogP contribution in [0.2, 0.25) is 5.02 Å². The van der Waals surface area contributed by atoms with Crippen LogP contribution in [0, 0.1) is 0 Å². The molecule has 0 bridgehead atoms. The van der Waals surface area contributed by atoms with Crippen LogP contribution in [0.5, 0.6) is 5.75 Å². The number of amides is 3. The molecule has 190 valence electrons. The summed E-state index contributed by atoms with van der Waals surface area (Å²) < 4.78 is 6.91. The number of nitrogens with zero attached hydrogens (tertiary/aromatic N) is 3. The molecule has 1 unspecified atom stereocenters. The second-order valence-corrected chi connectivity index (χ2v) is 9.29. The number of benzene rings is 3. The summed E-state index contributed by atoms with van der Waals surface area (Å²) in [5.74, 6) is -0.220. The molecule has 1 atom stereocenters. The maximum atomic E-state index is 13.5. The molecule has 0 aliphatic heterocycles. The lowest BCUT2D eigenvalue weighted by Gasteiger charge is -2.23. The Bertz CT molecular complexity index is 1500. The third-order valence-electron chi connectivity index (χ3n) is 5.99. The van der Waals surface area contributed by atoms with Crippen molar-refractivity contribution in [1.29, 1.82) is 0 Å². The van der Waals surface area contributed by atoms with Gasteiger partial charge in [0.2, 0.25) is 0 Å². The van der Waals surface area contributed by atoms with Gasteiger partial charge in [-0.05, 0) is 42.7 Å². The number of rotatable bonds is 7. The first-order valence-corrected chi connectivity index (χ1v) is 12.1. The summed E-state index contributed by atoms with van der Waals surface area (Å²) in [4.78, 5) is 43.8. The average Bonchev–Trinajstić information content (AvgIpc) is 2.89. The molecule has 8 nitrogen and oxygen atoms in total. The Morgan fingerprint density at radius 2 is 1.68 bits per heavy atom. The van der Waals surface area contributed by atoms with Crippen molar-refractivity contribution in [2.45, 2.75) is 32.4 Å². The van der Waals surface area contributed by atoms with Gasteiger partial charge in [0, 0.05) is 13.5 Å². The summed E-state index contributed by atoms with van der Waals surface area (Å²) in [6, 6.07) is 18.7. The molecule has 3 aromatic carbocycles. The molecule has 0 saturated carbocycles. The van der Waals surface area contributed by atoms with E-state index in [1.807, 2.05) is 68.4 Å². The first-order valence-electron chi connectivity index (χ1n) is 11.7. The Morgan fingerprint density at radius 3 is 2.30 bits per heavy atom. The smallest absolute Gasteiger partial charge is 0.321 e. The van der Waals surface area contributed by atoms with Crippen LogP contribution in [0.15, 0.2) is 77.9 Å². The van der Waals surface area contributed by atoms with Crippen LogP contribution in [0.1, 0.15) is 25.5 Å². The molecule has 3 amide bonds. The maximum Gasteiger partial charge on any atom is 0.321 e. The monoisotopic (exact) mass is 518 g/mol. The lowest BCUT2D eigenvalue weighted by molar-refractivity contribution is -0.130. The summed E-state index contributed by atoms with van der Waals surface area (Å²) in [7, 11) is 1.28. The van der Waals surface area contributed by atoms with Crippen LogP contribution in [-0.4, -0.2) is 39.5 Å². The van der Waals surface area contributed by atoms with E-state index in [4.69, 9.17) is 22.1 Å². The van der Waals surface area contributed by atoms with Gasteiger partial charge in [-0.3, -0.25) is 19.1 Å². The number of hydrogen-bond donors (Lipinski definition) is 1. The zero-order chi connectivity index (χ0) is 26.7. The normalized spacial score (nSPS) is 11.9. The number of carbonyl (C=O) groups excluding carboxylic acids is 2. The highest BCUT2D eigenvalue weighted by Crippen LogP contribution is 2.31. The van der Waals surface area contributed by atoms with Crippen LogP contribution in [0.3, 0.4) is 0 Å². The molecular weight excluding hydrogens is 492 g/mol. The topological polar surface area (TPSA) is 108 Å². The first-order chi connectivity index (χ1) is 17.7. The predicted molar refractivity (Wildman–Crippen MR) is 144 cm³/mol. The van der Waals surface area contributed by atoms with E-state index in [0.29, 0.717) is 5.75 Å². The summed E-state index contributed by atoms with van der Waals surface area (Å²) >= 11 is 6.47. The molecule has 2 N–H and O–H groups in total. The van der Waals surface area contributed by atoms with Crippen molar-refractivity contribution in [2.24, 2.45) is 5.73 Å². The number of urea groups is 1. The van der Waals surface area contributed by atoms with Gasteiger partial charge in [-0.2, -0.15) is 0 Å². The van der Waals surface area contributed by atoms with E-state index in [9.17, 15) is 14.4 Å². The van der Waals surface area contributed by atoms with E-state index in [0.717, 1.165) is 21.6 Å². The number of hydrogen-bond acceptors (Lipinski definition) is 5. The van der Waals surface area contributed by atoms with Crippen molar-refractivity contribution in [3.05, 3.63) is 94.0 Å². The van der Waals surface area contributed by atoms with Crippen LogP contribution in [0.25, 0.3) is 22.0 Å². The molecule has 0 spiro atoms. The zero-order valence-corrected chi connectivity index (χ0v) is 21.5. The largest absolute Gasteiger partial charge is 0.489 e. The van der Waals surface area contributed by atoms with Crippen molar-refractivity contribution < 1.29 is 14.3 Å². The Morgan fingerprint density at radius 1 is 1.03 bits per heavy atom. The van der Waals surface area contributed by atoms with Crippen molar-refractivity contribution in [2.75, 3.05) is 7.05 Å². The highest BCUT2D eigenvalue weighted by atomic mass is 35.5. The van der Waals surface area contributed by atoms with Crippen molar-refractivity contribution in [3.63, 3.8) is 0 Å². The average molecular weight is 519 g/mol. The summed E-state index contributed by atoms with van der Waals surface area (Å²) in [5, 5.41) is 0.437. The molecular formula is C28H27ClN4O4. The van der Waals surface area contributed by atoms with Crippen molar-refractivity contribution >= 4 is 34.4 Å². The molecule has 4 rings (SSSR count). The Kier molecular flexibility index (Phi) is 7.59. The zero-order valence-electron chi connectivity index (χ0n) is 20.7. The van der Waals surface area contributed by atoms with Gasteiger partial charge in [-0.15, -0.1) is 0 Å². The molecule has 37 heavy (non-hydrogen) atoms. The Balaban J connectivity index is 1.75. The van der Waals surface area contributed by atoms with Gasteiger partial charge in [-0.1, -0.05) is 66.2 Å². The third kappa shape index (κ3) is 5.49. The standard InChI is InChI=1S/C28H27ClN4O4/c1-17(2)37-23-14-13-21-25(24(23)29)31-16-33(26(21)34)22(27(35)32(3)28(30)36)15-18-9-11-20(12-10-18)19-7-5-4-6-8-19/h4-14,16-17,22H,15H2,1-3H3,(H2,30,36). The van der Waals surface area contributed by atoms with Gasteiger partial charge in [0.05, 0.1) is 23.3 Å². The molecule has 0 saturated heterocycles. The van der Waals surface area contributed by atoms with Gasteiger partial charge < -0.3 is 10.5 Å². The van der Waals surface area contributed by atoms with Crippen molar-refractivity contribution in [1.82, 2.24) is 14.5 Å². The van der Waals surface area contributed by atoms with E-state index >= 15 is 0 Å². The molecule has 0 aliphatic carbocycles. The Labute approximate surface area is 219 Å². The second-order valence-electron chi connectivity index (χ2n) is 8.92. The van der Waals surface area contributed by atoms with Gasteiger partial charge in [0.1, 0.15) is 16.8 Å². The molecule has 1 aromatic heterocycles. The number of halogens is 1. The molecule has 0 aliphatic rings. The summed E-state index contributed by atoms with van der Waals surface area (Å²) in [6.45, 7) is 3.73. The number of ether oxygens (including phenoxy) is 1. The lowest BCUT2D eigenvalue weighted by atomic mass is 10.00. The first kappa shape index (κ1) is 25.9. The number of carbonyl (C=O) groups is 2. The number of nitrogens with two attached hydrogens (primary N) is 1. The molecule has 4 aromatic rings. The molecule has 0 fully saturated rings. The van der Waals surface area contributed by atoms with E-state index in [2.05, 4.69) is 4.98 Å². The number of fused-ring (bicyclic) bond motifs is 1. The second kappa shape index (κ2) is 10.8. The highest BCUT2D eigenvalue weighted by molar-refractivity contribution is 6.36. The Hall–Kier alpha value is -4.17. The minimum Gasteiger partial charge on any atom is -0.489 e. The van der Waals surface area contributed by atoms with Crippen LogP contribution in [-0.2, 0) is 11.2 Å². The lowest BCUT2D eigenvalue weighted by Crippen LogP contribution is -2.44. The van der Waals surface area contributed by atoms with Gasteiger partial charge in [0.15, 0.2) is 0 Å². The van der Waals surface area contributed by atoms with Crippen LogP contribution in [0.4, 0.5) is 4.79 Å². The fourth-order valence-electron chi connectivity index (χ4n) is 4.05. The molecule has 0 radical (unpaired) electrons. The molecule has 9 heteroatoms. The van der Waals surface area contributed by atoms with E-state index in [1.54, 1.807) is 12.1 Å². The SMILES string of the molecule is CC(C)Oc1ccc2c(=O)n(C(Cc3ccc(-c4ccccc4)cc3)C(=O)N(C)C(N)=O)cnc2c1Cl. The van der Waals surface area contributed by atoms with Crippen molar-refractivity contribution in [3.8, 4) is 16.9 Å². The van der Waals surface area contributed by atoms with E-state index in [1.165, 1.54) is 17.9 Å².